The Morgan fingerprint density at radius 1 is 0.667 bits per heavy atom. The van der Waals surface area contributed by atoms with Gasteiger partial charge in [0.25, 0.3) is 5.91 Å². The van der Waals surface area contributed by atoms with Crippen molar-refractivity contribution in [3.8, 4) is 16.9 Å². The van der Waals surface area contributed by atoms with Gasteiger partial charge < -0.3 is 36.2 Å². The first-order valence-electron chi connectivity index (χ1n) is 18.4. The van der Waals surface area contributed by atoms with E-state index in [0.717, 1.165) is 11.1 Å². The molecule has 0 saturated heterocycles. The van der Waals surface area contributed by atoms with Crippen molar-refractivity contribution in [3.63, 3.8) is 0 Å². The second-order valence-corrected chi connectivity index (χ2v) is 15.1. The molecule has 4 amide bonds. The molecule has 0 fully saturated rings. The van der Waals surface area contributed by atoms with E-state index in [1.807, 2.05) is 29.7 Å². The third kappa shape index (κ3) is 11.3. The number of amides is 4. The summed E-state index contributed by atoms with van der Waals surface area (Å²) in [5.41, 5.74) is 3.67. The number of allylic oxidation sites excluding steroid dienone is 1. The Balaban J connectivity index is 1.32. The van der Waals surface area contributed by atoms with Gasteiger partial charge in [-0.2, -0.15) is 0 Å². The number of aliphatic carboxylic acids is 1. The molecule has 0 aromatic heterocycles. The zero-order valence-electron chi connectivity index (χ0n) is 30.8. The molecular formula is C43H42N4O9S. The number of benzene rings is 4. The number of thioether (sulfide) groups is 1. The summed E-state index contributed by atoms with van der Waals surface area (Å²) in [5.74, 6) is -4.54. The highest BCUT2D eigenvalue weighted by molar-refractivity contribution is 8.03. The number of aromatic carboxylic acids is 1. The van der Waals surface area contributed by atoms with Crippen molar-refractivity contribution in [3.05, 3.63) is 137 Å². The molecule has 3 aliphatic heterocycles. The molecule has 4 aromatic rings. The normalized spacial score (nSPS) is 21.8. The lowest BCUT2D eigenvalue weighted by molar-refractivity contribution is -0.142. The van der Waals surface area contributed by atoms with Crippen LogP contribution in [0.3, 0.4) is 0 Å². The number of ether oxygens (including phenoxy) is 1. The number of carboxylic acids is 2. The molecule has 3 aliphatic rings. The van der Waals surface area contributed by atoms with E-state index in [-0.39, 0.29) is 36.5 Å². The molecule has 6 N–H and O–H groups in total. The molecule has 13 nitrogen and oxygen atoms in total. The summed E-state index contributed by atoms with van der Waals surface area (Å²) in [6.07, 6.45) is 2.89. The Labute approximate surface area is 333 Å². The van der Waals surface area contributed by atoms with Crippen LogP contribution >= 0.6 is 11.8 Å². The molecule has 0 aliphatic carbocycles. The fourth-order valence-corrected chi connectivity index (χ4v) is 7.55. The van der Waals surface area contributed by atoms with E-state index in [9.17, 15) is 39.0 Å². The lowest BCUT2D eigenvalue weighted by Crippen LogP contribution is -2.59. The molecule has 2 bridgehead atoms. The monoisotopic (exact) mass is 790 g/mol. The molecule has 3 heterocycles. The Morgan fingerprint density at radius 2 is 1.25 bits per heavy atom. The number of fused-ring (bicyclic) bond motifs is 16. The maximum Gasteiger partial charge on any atom is 0.335 e. The maximum absolute atomic E-state index is 14.3. The third-order valence-corrected chi connectivity index (χ3v) is 10.8. The van der Waals surface area contributed by atoms with Crippen molar-refractivity contribution >= 4 is 47.3 Å². The van der Waals surface area contributed by atoms with Crippen molar-refractivity contribution in [2.45, 2.75) is 61.5 Å². The summed E-state index contributed by atoms with van der Waals surface area (Å²) in [5, 5.41) is 32.3. The van der Waals surface area contributed by atoms with Crippen LogP contribution in [0.25, 0.3) is 11.1 Å². The standard InChI is InChI=1S/C43H42N4O9S/c48-38-25-56-32-18-10-28(11-19-32)23-37(43(54)55)47-40(50)34(21-26-5-2-1-3-6-26)45-39(49)35(46-41(51)36(44-38)24-33-7-4-20-57-33)22-27-8-12-29(13-9-27)30-14-16-31(17-15-30)42(52)53/h1-6,8-20,33-37H,7,21-25H2,(H,44,48)(H,45,49)(H,46,51)(H,47,50)(H,52,53)(H,54,55)/t33?,34-,35-,36-,37-/m0/s1. The molecular weight excluding hydrogens is 749 g/mol. The van der Waals surface area contributed by atoms with Crippen molar-refractivity contribution in [2.75, 3.05) is 6.61 Å². The number of carbonyl (C=O) groups excluding carboxylic acids is 4. The highest BCUT2D eigenvalue weighted by Crippen LogP contribution is 2.28. The first kappa shape index (κ1) is 40.3. The number of nitrogens with one attached hydrogen (secondary N) is 4. The van der Waals surface area contributed by atoms with Gasteiger partial charge in [-0.3, -0.25) is 19.2 Å². The van der Waals surface area contributed by atoms with Gasteiger partial charge >= 0.3 is 11.9 Å². The predicted octanol–water partition coefficient (Wildman–Crippen LogP) is 3.91. The zero-order chi connectivity index (χ0) is 40.3. The van der Waals surface area contributed by atoms with Gasteiger partial charge in [-0.25, -0.2) is 9.59 Å². The fourth-order valence-electron chi connectivity index (χ4n) is 6.58. The van der Waals surface area contributed by atoms with Crippen LogP contribution in [-0.2, 0) is 43.2 Å². The topological polar surface area (TPSA) is 200 Å². The van der Waals surface area contributed by atoms with Crippen LogP contribution in [0.4, 0.5) is 0 Å². The predicted molar refractivity (Wildman–Crippen MR) is 213 cm³/mol. The van der Waals surface area contributed by atoms with Gasteiger partial charge in [0.2, 0.25) is 17.7 Å². The van der Waals surface area contributed by atoms with Crippen molar-refractivity contribution in [1.29, 1.82) is 0 Å². The van der Waals surface area contributed by atoms with Crippen LogP contribution in [0.5, 0.6) is 5.75 Å². The van der Waals surface area contributed by atoms with Crippen LogP contribution in [0.1, 0.15) is 39.9 Å². The van der Waals surface area contributed by atoms with Gasteiger partial charge in [0, 0.05) is 24.5 Å². The lowest BCUT2D eigenvalue weighted by atomic mass is 9.98. The zero-order valence-corrected chi connectivity index (χ0v) is 31.6. The van der Waals surface area contributed by atoms with Crippen LogP contribution in [-0.4, -0.2) is 81.8 Å². The molecule has 7 rings (SSSR count). The average molecular weight is 791 g/mol. The number of hydrogen-bond acceptors (Lipinski definition) is 8. The first-order chi connectivity index (χ1) is 27.5. The van der Waals surface area contributed by atoms with Crippen LogP contribution in [0, 0.1) is 0 Å². The van der Waals surface area contributed by atoms with Gasteiger partial charge in [-0.1, -0.05) is 84.9 Å². The van der Waals surface area contributed by atoms with E-state index in [1.54, 1.807) is 84.6 Å². The highest BCUT2D eigenvalue weighted by atomic mass is 32.2. The second kappa shape index (κ2) is 19.0. The quantitative estimate of drug-likeness (QED) is 0.135. The highest BCUT2D eigenvalue weighted by Gasteiger charge is 2.33. The van der Waals surface area contributed by atoms with E-state index in [1.165, 1.54) is 12.1 Å². The minimum Gasteiger partial charge on any atom is -0.484 e. The summed E-state index contributed by atoms with van der Waals surface area (Å²) in [7, 11) is 0. The maximum atomic E-state index is 14.3. The summed E-state index contributed by atoms with van der Waals surface area (Å²) in [6, 6.07) is 24.1. The summed E-state index contributed by atoms with van der Waals surface area (Å²) >= 11 is 1.54. The molecule has 4 aromatic carbocycles. The van der Waals surface area contributed by atoms with E-state index in [2.05, 4.69) is 21.3 Å². The first-order valence-corrected chi connectivity index (χ1v) is 19.4. The van der Waals surface area contributed by atoms with Gasteiger partial charge in [-0.05, 0) is 70.3 Å². The van der Waals surface area contributed by atoms with E-state index < -0.39 is 66.3 Å². The number of rotatable bonds is 9. The number of hydrogen-bond donors (Lipinski definition) is 6. The Bertz CT molecular complexity index is 2100. The van der Waals surface area contributed by atoms with Crippen molar-refractivity contribution in [1.82, 2.24) is 21.3 Å². The van der Waals surface area contributed by atoms with Crippen molar-refractivity contribution in [2.24, 2.45) is 0 Å². The smallest absolute Gasteiger partial charge is 0.335 e. The van der Waals surface area contributed by atoms with Gasteiger partial charge in [0.1, 0.15) is 29.9 Å². The van der Waals surface area contributed by atoms with Crippen LogP contribution < -0.4 is 26.0 Å². The molecule has 5 atom stereocenters. The van der Waals surface area contributed by atoms with Crippen LogP contribution in [0.2, 0.25) is 0 Å². The van der Waals surface area contributed by atoms with Gasteiger partial charge in [0.15, 0.2) is 6.61 Å². The average Bonchev–Trinajstić information content (AvgIpc) is 3.73. The minimum atomic E-state index is -1.34. The van der Waals surface area contributed by atoms with E-state index in [0.29, 0.717) is 28.9 Å². The summed E-state index contributed by atoms with van der Waals surface area (Å²) in [6.45, 7) is -0.399. The fraction of sp³-hybridized carbons (Fsp3) is 0.256. The SMILES string of the molecule is O=C1COc2ccc(cc2)C[C@@H](C(=O)O)NC(=O)[C@H](Cc2ccccc2)NC(=O)[C@H](Cc2ccc(-c3ccc(C(=O)O)cc3)cc2)NC(=O)[C@H](CC2CC=CS2)N1. The summed E-state index contributed by atoms with van der Waals surface area (Å²) < 4.78 is 5.69. The Kier molecular flexibility index (Phi) is 13.4. The van der Waals surface area contributed by atoms with Gasteiger partial charge in [0.05, 0.1) is 5.56 Å². The molecule has 294 valence electrons. The Morgan fingerprint density at radius 3 is 1.82 bits per heavy atom. The summed E-state index contributed by atoms with van der Waals surface area (Å²) in [4.78, 5) is 79.3. The number of carboxylic acid groups (broad SMARTS) is 2. The van der Waals surface area contributed by atoms with Gasteiger partial charge in [-0.15, -0.1) is 11.8 Å². The molecule has 1 unspecified atom stereocenters. The molecule has 0 spiro atoms. The lowest BCUT2D eigenvalue weighted by Gasteiger charge is -2.27. The number of carbonyl (C=O) groups is 6. The molecule has 0 saturated carbocycles. The molecule has 0 radical (unpaired) electrons. The third-order valence-electron chi connectivity index (χ3n) is 9.67. The van der Waals surface area contributed by atoms with E-state index >= 15 is 0 Å². The molecule has 57 heavy (non-hydrogen) atoms. The Hall–Kier alpha value is -6.41. The van der Waals surface area contributed by atoms with E-state index in [4.69, 9.17) is 4.74 Å². The molecule has 14 heteroatoms. The van der Waals surface area contributed by atoms with Crippen LogP contribution in [0.15, 0.2) is 115 Å². The minimum absolute atomic E-state index is 0.00151. The van der Waals surface area contributed by atoms with Crippen molar-refractivity contribution < 1.29 is 43.7 Å². The second-order valence-electron chi connectivity index (χ2n) is 13.9. The largest absolute Gasteiger partial charge is 0.484 e.